The Morgan fingerprint density at radius 1 is 0.917 bits per heavy atom. The number of ether oxygens (including phenoxy) is 5. The fraction of sp³-hybridized carbons (Fsp3) is 0.941. The predicted molar refractivity (Wildman–Crippen MR) is 83.1 cm³/mol. The largest absolute Gasteiger partial charge is 0.455 e. The van der Waals surface area contributed by atoms with E-state index in [4.69, 9.17) is 23.7 Å². The molecule has 0 unspecified atom stereocenters. The second-order valence-electron chi connectivity index (χ2n) is 6.71. The van der Waals surface area contributed by atoms with Crippen molar-refractivity contribution in [2.75, 3.05) is 6.61 Å². The Kier molecular flexibility index (Phi) is 4.92. The van der Waals surface area contributed by atoms with Crippen LogP contribution in [0.5, 0.6) is 0 Å². The van der Waals surface area contributed by atoms with Crippen molar-refractivity contribution in [2.45, 2.75) is 95.5 Å². The zero-order chi connectivity index (χ0) is 17.5. The van der Waals surface area contributed by atoms with Crippen molar-refractivity contribution in [3.63, 3.8) is 0 Å². The lowest BCUT2D eigenvalue weighted by Gasteiger charge is -2.46. The number of hydrogen-bond acceptors (Lipinski definition) is 7. The van der Waals surface area contributed by atoms with Crippen molar-refractivity contribution in [3.8, 4) is 0 Å². The maximum atomic E-state index is 11.8. The van der Waals surface area contributed by atoms with Gasteiger partial charge in [-0.05, 0) is 25.7 Å². The number of aliphatic hydroxyl groups is 1. The zero-order valence-corrected chi connectivity index (χ0v) is 14.8. The van der Waals surface area contributed by atoms with Crippen LogP contribution in [0.15, 0.2) is 0 Å². The first kappa shape index (κ1) is 18.1. The quantitative estimate of drug-likeness (QED) is 0.757. The number of esters is 1. The van der Waals surface area contributed by atoms with E-state index in [0.29, 0.717) is 19.4 Å². The maximum absolute atomic E-state index is 11.8. The van der Waals surface area contributed by atoms with Gasteiger partial charge in [-0.3, -0.25) is 0 Å². The van der Waals surface area contributed by atoms with Crippen LogP contribution in [0, 0.1) is 0 Å². The van der Waals surface area contributed by atoms with Gasteiger partial charge in [0.15, 0.2) is 23.8 Å². The summed E-state index contributed by atoms with van der Waals surface area (Å²) in [4.78, 5) is 11.8. The molecule has 0 spiro atoms. The minimum absolute atomic E-state index is 0.364. The molecule has 138 valence electrons. The van der Waals surface area contributed by atoms with Crippen LogP contribution in [0.3, 0.4) is 0 Å². The fourth-order valence-corrected chi connectivity index (χ4v) is 3.79. The summed E-state index contributed by atoms with van der Waals surface area (Å²) >= 11 is 0. The van der Waals surface area contributed by atoms with E-state index in [2.05, 4.69) is 0 Å². The van der Waals surface area contributed by atoms with Crippen LogP contribution in [0.2, 0.25) is 0 Å². The molecule has 5 atom stereocenters. The highest BCUT2D eigenvalue weighted by molar-refractivity contribution is 5.78. The van der Waals surface area contributed by atoms with Gasteiger partial charge in [-0.2, -0.15) is 0 Å². The van der Waals surface area contributed by atoms with Crippen molar-refractivity contribution in [2.24, 2.45) is 0 Å². The van der Waals surface area contributed by atoms with E-state index >= 15 is 0 Å². The number of carbonyl (C=O) groups excluding carboxylic acids is 1. The van der Waals surface area contributed by atoms with Gasteiger partial charge >= 0.3 is 5.97 Å². The number of aliphatic hydroxyl groups excluding tert-OH is 1. The van der Waals surface area contributed by atoms with Crippen molar-refractivity contribution in [3.05, 3.63) is 0 Å². The summed E-state index contributed by atoms with van der Waals surface area (Å²) in [5, 5.41) is 10.1. The molecule has 0 radical (unpaired) electrons. The monoisotopic (exact) mass is 344 g/mol. The Bertz CT molecular complexity index is 472. The molecule has 0 aromatic heterocycles. The lowest BCUT2D eigenvalue weighted by molar-refractivity contribution is -0.359. The molecule has 7 nitrogen and oxygen atoms in total. The first-order valence-electron chi connectivity index (χ1n) is 8.99. The normalized spacial score (nSPS) is 40.4. The molecule has 0 saturated carbocycles. The molecule has 3 aliphatic heterocycles. The molecule has 0 aromatic carbocycles. The van der Waals surface area contributed by atoms with E-state index in [0.717, 1.165) is 12.8 Å². The van der Waals surface area contributed by atoms with E-state index in [-0.39, 0.29) is 6.10 Å². The molecule has 3 rings (SSSR count). The highest BCUT2D eigenvalue weighted by Crippen LogP contribution is 2.43. The lowest BCUT2D eigenvalue weighted by Crippen LogP contribution is -2.60. The summed E-state index contributed by atoms with van der Waals surface area (Å²) < 4.78 is 29.6. The third-order valence-corrected chi connectivity index (χ3v) is 5.55. The zero-order valence-electron chi connectivity index (χ0n) is 14.8. The molecule has 0 bridgehead atoms. The van der Waals surface area contributed by atoms with E-state index in [9.17, 15) is 9.90 Å². The van der Waals surface area contributed by atoms with E-state index in [1.807, 2.05) is 27.7 Å². The third-order valence-electron chi connectivity index (χ3n) is 5.55. The second kappa shape index (κ2) is 6.53. The Hall–Kier alpha value is -0.730. The van der Waals surface area contributed by atoms with Gasteiger partial charge in [0.25, 0.3) is 0 Å². The highest BCUT2D eigenvalue weighted by atomic mass is 16.8. The van der Waals surface area contributed by atoms with E-state index in [1.54, 1.807) is 0 Å². The summed E-state index contributed by atoms with van der Waals surface area (Å²) in [5.74, 6) is -2.14. The van der Waals surface area contributed by atoms with Crippen molar-refractivity contribution >= 4 is 5.97 Å². The Morgan fingerprint density at radius 3 is 2.04 bits per heavy atom. The molecule has 3 saturated heterocycles. The molecular formula is C17H28O7. The van der Waals surface area contributed by atoms with Gasteiger partial charge in [0.2, 0.25) is 0 Å². The summed E-state index contributed by atoms with van der Waals surface area (Å²) in [7, 11) is 0. The topological polar surface area (TPSA) is 83.5 Å². The Morgan fingerprint density at radius 2 is 1.50 bits per heavy atom. The SMILES string of the molecule is CCC1(CC)O[C@@H]2[C@@H](OC(=O)[C@@H]2O)[C@@H]([C@H]2COC(CC)(CC)O2)O1. The standard InChI is InChI=1S/C17H28O7/c1-5-16(6-2)20-9-10(22-16)12-14-13(11(18)15(19)21-14)24-17(7-3,8-4)23-12/h10-14,18H,5-9H2,1-4H3/t10-,11-,12-,13+,14+/m1/s1. The van der Waals surface area contributed by atoms with Gasteiger partial charge in [-0.15, -0.1) is 0 Å². The molecule has 7 heteroatoms. The first-order chi connectivity index (χ1) is 11.4. The molecule has 1 N–H and O–H groups in total. The van der Waals surface area contributed by atoms with Crippen LogP contribution >= 0.6 is 0 Å². The Labute approximate surface area is 142 Å². The third kappa shape index (κ3) is 2.76. The lowest BCUT2D eigenvalue weighted by atomic mass is 9.97. The maximum Gasteiger partial charge on any atom is 0.338 e. The molecule has 3 aliphatic rings. The van der Waals surface area contributed by atoms with Crippen molar-refractivity contribution < 1.29 is 33.6 Å². The van der Waals surface area contributed by atoms with Crippen LogP contribution in [0.4, 0.5) is 0 Å². The average molecular weight is 344 g/mol. The molecule has 0 amide bonds. The molecule has 24 heavy (non-hydrogen) atoms. The molecule has 3 heterocycles. The fourth-order valence-electron chi connectivity index (χ4n) is 3.79. The summed E-state index contributed by atoms with van der Waals surface area (Å²) in [6, 6.07) is 0. The van der Waals surface area contributed by atoms with Gasteiger partial charge in [-0.1, -0.05) is 27.7 Å². The highest BCUT2D eigenvalue weighted by Gasteiger charge is 2.60. The molecule has 0 aliphatic carbocycles. The number of rotatable bonds is 5. The van der Waals surface area contributed by atoms with Crippen LogP contribution in [-0.4, -0.2) is 59.8 Å². The molecule has 0 aromatic rings. The molecular weight excluding hydrogens is 316 g/mol. The van der Waals surface area contributed by atoms with Crippen LogP contribution in [0.1, 0.15) is 53.4 Å². The molecule has 3 fully saturated rings. The summed E-state index contributed by atoms with van der Waals surface area (Å²) in [6.07, 6.45) is -0.937. The van der Waals surface area contributed by atoms with Crippen LogP contribution in [-0.2, 0) is 28.5 Å². The van der Waals surface area contributed by atoms with Gasteiger partial charge in [-0.25, -0.2) is 4.79 Å². The van der Waals surface area contributed by atoms with Gasteiger partial charge in [0.05, 0.1) is 6.61 Å². The van der Waals surface area contributed by atoms with E-state index < -0.39 is 42.0 Å². The average Bonchev–Trinajstić information content (AvgIpc) is 3.17. The number of fused-ring (bicyclic) bond motifs is 1. The second-order valence-corrected chi connectivity index (χ2v) is 6.71. The smallest absolute Gasteiger partial charge is 0.338 e. The predicted octanol–water partition coefficient (Wildman–Crippen LogP) is 1.50. The number of hydrogen-bond donors (Lipinski definition) is 1. The van der Waals surface area contributed by atoms with Crippen molar-refractivity contribution in [1.29, 1.82) is 0 Å². The number of carbonyl (C=O) groups is 1. The minimum Gasteiger partial charge on any atom is -0.455 e. The summed E-state index contributed by atoms with van der Waals surface area (Å²) in [5.41, 5.74) is 0. The van der Waals surface area contributed by atoms with Crippen LogP contribution < -0.4 is 0 Å². The van der Waals surface area contributed by atoms with E-state index in [1.165, 1.54) is 0 Å². The minimum atomic E-state index is -1.29. The summed E-state index contributed by atoms with van der Waals surface area (Å²) in [6.45, 7) is 8.31. The van der Waals surface area contributed by atoms with Crippen LogP contribution in [0.25, 0.3) is 0 Å². The van der Waals surface area contributed by atoms with Gasteiger partial charge in [0.1, 0.15) is 18.3 Å². The van der Waals surface area contributed by atoms with Crippen molar-refractivity contribution in [1.82, 2.24) is 0 Å². The first-order valence-corrected chi connectivity index (χ1v) is 8.99. The van der Waals surface area contributed by atoms with Gasteiger partial charge in [0, 0.05) is 0 Å². The van der Waals surface area contributed by atoms with Gasteiger partial charge < -0.3 is 28.8 Å². The Balaban J connectivity index is 1.86.